The highest BCUT2D eigenvalue weighted by Crippen LogP contribution is 2.17. The van der Waals surface area contributed by atoms with Crippen LogP contribution in [0.4, 0.5) is 0 Å². The van der Waals surface area contributed by atoms with Crippen molar-refractivity contribution in [2.75, 3.05) is 26.2 Å². The van der Waals surface area contributed by atoms with Gasteiger partial charge in [-0.05, 0) is 0 Å². The Hall–Kier alpha value is -1.10. The molecule has 0 aromatic carbocycles. The Morgan fingerprint density at radius 3 is 2.53 bits per heavy atom. The van der Waals surface area contributed by atoms with Crippen molar-refractivity contribution in [1.82, 2.24) is 10.2 Å². The molecule has 0 aromatic heterocycles. The third-order valence-corrected chi connectivity index (χ3v) is 2.47. The molecule has 0 atom stereocenters. The first kappa shape index (κ1) is 12.0. The maximum absolute atomic E-state index is 11.5. The smallest absolute Gasteiger partial charge is 0.317 e. The summed E-state index contributed by atoms with van der Waals surface area (Å²) in [5.41, 5.74) is 0. The maximum Gasteiger partial charge on any atom is 0.317 e. The zero-order chi connectivity index (χ0) is 11.4. The molecule has 0 radical (unpaired) electrons. The van der Waals surface area contributed by atoms with Crippen LogP contribution in [-0.4, -0.2) is 48.1 Å². The van der Waals surface area contributed by atoms with Gasteiger partial charge in [0.15, 0.2) is 0 Å². The van der Waals surface area contributed by atoms with Gasteiger partial charge in [-0.2, -0.15) is 0 Å². The van der Waals surface area contributed by atoms with Gasteiger partial charge in [-0.25, -0.2) is 0 Å². The lowest BCUT2D eigenvalue weighted by atomic mass is 9.98. The standard InChI is InChI=1S/C10H18N2O3/c1-7(2)10(15)12-5-8(6-12)3-11-4-9(13)14/h7-8,11H,3-6H2,1-2H3,(H,13,14). The molecule has 1 heterocycles. The summed E-state index contributed by atoms with van der Waals surface area (Å²) in [4.78, 5) is 23.5. The van der Waals surface area contributed by atoms with Crippen molar-refractivity contribution >= 4 is 11.9 Å². The molecule has 5 heteroatoms. The van der Waals surface area contributed by atoms with Crippen molar-refractivity contribution in [2.24, 2.45) is 11.8 Å². The van der Waals surface area contributed by atoms with Gasteiger partial charge >= 0.3 is 5.97 Å². The molecule has 86 valence electrons. The lowest BCUT2D eigenvalue weighted by molar-refractivity contribution is -0.141. The van der Waals surface area contributed by atoms with Crippen molar-refractivity contribution < 1.29 is 14.7 Å². The summed E-state index contributed by atoms with van der Waals surface area (Å²) in [6.45, 7) is 5.95. The Morgan fingerprint density at radius 2 is 2.07 bits per heavy atom. The summed E-state index contributed by atoms with van der Waals surface area (Å²) in [6, 6.07) is 0. The summed E-state index contributed by atoms with van der Waals surface area (Å²) in [5.74, 6) is -0.195. The van der Waals surface area contributed by atoms with Gasteiger partial charge in [-0.1, -0.05) is 13.8 Å². The number of hydrogen-bond donors (Lipinski definition) is 2. The maximum atomic E-state index is 11.5. The SMILES string of the molecule is CC(C)C(=O)N1CC(CNCC(=O)O)C1. The number of nitrogens with zero attached hydrogens (tertiary/aromatic N) is 1. The van der Waals surface area contributed by atoms with Gasteiger partial charge in [0.25, 0.3) is 0 Å². The van der Waals surface area contributed by atoms with Crippen molar-refractivity contribution in [1.29, 1.82) is 0 Å². The van der Waals surface area contributed by atoms with Crippen LogP contribution in [0.15, 0.2) is 0 Å². The number of carboxylic acid groups (broad SMARTS) is 1. The molecule has 2 N–H and O–H groups in total. The minimum Gasteiger partial charge on any atom is -0.480 e. The number of aliphatic carboxylic acids is 1. The highest BCUT2D eigenvalue weighted by Gasteiger charge is 2.31. The normalized spacial score (nSPS) is 16.6. The molecule has 1 fully saturated rings. The molecular weight excluding hydrogens is 196 g/mol. The molecule has 5 nitrogen and oxygen atoms in total. The first-order chi connectivity index (χ1) is 7.00. The molecule has 0 saturated carbocycles. The number of hydrogen-bond acceptors (Lipinski definition) is 3. The van der Waals surface area contributed by atoms with E-state index in [1.54, 1.807) is 0 Å². The molecule has 15 heavy (non-hydrogen) atoms. The first-order valence-corrected chi connectivity index (χ1v) is 5.22. The van der Waals surface area contributed by atoms with Crippen LogP contribution in [0.3, 0.4) is 0 Å². The van der Waals surface area contributed by atoms with E-state index in [1.807, 2.05) is 18.7 Å². The van der Waals surface area contributed by atoms with E-state index in [-0.39, 0.29) is 18.4 Å². The Labute approximate surface area is 89.4 Å². The molecule has 1 aliphatic heterocycles. The highest BCUT2D eigenvalue weighted by atomic mass is 16.4. The Balaban J connectivity index is 2.10. The molecule has 1 saturated heterocycles. The van der Waals surface area contributed by atoms with E-state index < -0.39 is 5.97 Å². The molecule has 0 bridgehead atoms. The topological polar surface area (TPSA) is 69.6 Å². The average Bonchev–Trinajstić information content (AvgIpc) is 2.07. The van der Waals surface area contributed by atoms with Crippen molar-refractivity contribution in [3.63, 3.8) is 0 Å². The average molecular weight is 214 g/mol. The fraction of sp³-hybridized carbons (Fsp3) is 0.800. The van der Waals surface area contributed by atoms with Crippen LogP contribution >= 0.6 is 0 Å². The van der Waals surface area contributed by atoms with E-state index in [0.717, 1.165) is 13.1 Å². The lowest BCUT2D eigenvalue weighted by Crippen LogP contribution is -2.54. The van der Waals surface area contributed by atoms with E-state index in [9.17, 15) is 9.59 Å². The second-order valence-corrected chi connectivity index (χ2v) is 4.29. The van der Waals surface area contributed by atoms with Crippen LogP contribution < -0.4 is 5.32 Å². The molecule has 0 unspecified atom stereocenters. The zero-order valence-electron chi connectivity index (χ0n) is 9.19. The molecular formula is C10H18N2O3. The predicted octanol–water partition coefficient (Wildman–Crippen LogP) is -0.225. The molecule has 0 spiro atoms. The van der Waals surface area contributed by atoms with Crippen LogP contribution in [0, 0.1) is 11.8 Å². The van der Waals surface area contributed by atoms with Crippen LogP contribution in [0.2, 0.25) is 0 Å². The van der Waals surface area contributed by atoms with Gasteiger partial charge in [-0.15, -0.1) is 0 Å². The Morgan fingerprint density at radius 1 is 1.47 bits per heavy atom. The number of carbonyl (C=O) groups excluding carboxylic acids is 1. The van der Waals surface area contributed by atoms with E-state index in [4.69, 9.17) is 5.11 Å². The van der Waals surface area contributed by atoms with Crippen molar-refractivity contribution in [3.8, 4) is 0 Å². The van der Waals surface area contributed by atoms with E-state index in [1.165, 1.54) is 0 Å². The third-order valence-electron chi connectivity index (χ3n) is 2.47. The summed E-state index contributed by atoms with van der Waals surface area (Å²) in [6.07, 6.45) is 0. The van der Waals surface area contributed by atoms with E-state index in [2.05, 4.69) is 5.32 Å². The number of nitrogens with one attached hydrogen (secondary N) is 1. The van der Waals surface area contributed by atoms with Crippen LogP contribution in [0.1, 0.15) is 13.8 Å². The fourth-order valence-corrected chi connectivity index (χ4v) is 1.63. The number of carboxylic acids is 1. The van der Waals surface area contributed by atoms with Gasteiger partial charge in [-0.3, -0.25) is 9.59 Å². The molecule has 0 aromatic rings. The van der Waals surface area contributed by atoms with Crippen LogP contribution in [0.25, 0.3) is 0 Å². The highest BCUT2D eigenvalue weighted by molar-refractivity contribution is 5.78. The number of carbonyl (C=O) groups is 2. The summed E-state index contributed by atoms with van der Waals surface area (Å²) in [5, 5.41) is 11.2. The number of amides is 1. The van der Waals surface area contributed by atoms with E-state index in [0.29, 0.717) is 12.5 Å². The lowest BCUT2D eigenvalue weighted by Gasteiger charge is -2.40. The van der Waals surface area contributed by atoms with Crippen molar-refractivity contribution in [3.05, 3.63) is 0 Å². The van der Waals surface area contributed by atoms with Crippen LogP contribution in [0.5, 0.6) is 0 Å². The van der Waals surface area contributed by atoms with Gasteiger partial charge in [0.05, 0.1) is 6.54 Å². The molecule has 0 aliphatic carbocycles. The third kappa shape index (κ3) is 3.51. The number of rotatable bonds is 5. The summed E-state index contributed by atoms with van der Waals surface area (Å²) >= 11 is 0. The second kappa shape index (κ2) is 5.11. The quantitative estimate of drug-likeness (QED) is 0.663. The molecule has 1 rings (SSSR count). The Kier molecular flexibility index (Phi) is 4.08. The summed E-state index contributed by atoms with van der Waals surface area (Å²) < 4.78 is 0. The molecule has 1 aliphatic rings. The van der Waals surface area contributed by atoms with Gasteiger partial charge in [0.2, 0.25) is 5.91 Å². The minimum absolute atomic E-state index is 0.00533. The Bertz CT molecular complexity index is 247. The monoisotopic (exact) mass is 214 g/mol. The van der Waals surface area contributed by atoms with Gasteiger partial charge < -0.3 is 15.3 Å². The number of likely N-dealkylation sites (tertiary alicyclic amines) is 1. The van der Waals surface area contributed by atoms with Crippen LogP contribution in [-0.2, 0) is 9.59 Å². The van der Waals surface area contributed by atoms with Gasteiger partial charge in [0.1, 0.15) is 0 Å². The van der Waals surface area contributed by atoms with E-state index >= 15 is 0 Å². The predicted molar refractivity (Wildman–Crippen MR) is 55.4 cm³/mol. The fourth-order valence-electron chi connectivity index (χ4n) is 1.63. The zero-order valence-corrected chi connectivity index (χ0v) is 9.19. The minimum atomic E-state index is -0.843. The molecule has 1 amide bonds. The van der Waals surface area contributed by atoms with Crippen molar-refractivity contribution in [2.45, 2.75) is 13.8 Å². The summed E-state index contributed by atoms with van der Waals surface area (Å²) in [7, 11) is 0. The largest absolute Gasteiger partial charge is 0.480 e. The second-order valence-electron chi connectivity index (χ2n) is 4.29. The first-order valence-electron chi connectivity index (χ1n) is 5.22. The van der Waals surface area contributed by atoms with Gasteiger partial charge in [0, 0.05) is 31.5 Å².